The lowest BCUT2D eigenvalue weighted by atomic mass is 10.3. The Bertz CT molecular complexity index is 1110. The zero-order valence-corrected chi connectivity index (χ0v) is 15.4. The van der Waals surface area contributed by atoms with Crippen LogP contribution in [0.15, 0.2) is 38.8 Å². The van der Waals surface area contributed by atoms with Crippen LogP contribution in [0.5, 0.6) is 0 Å². The van der Waals surface area contributed by atoms with Crippen molar-refractivity contribution in [3.63, 3.8) is 0 Å². The average molecular weight is 389 g/mol. The number of benzene rings is 1. The van der Waals surface area contributed by atoms with E-state index in [2.05, 4.69) is 20.4 Å². The second-order valence-electron chi connectivity index (χ2n) is 5.10. The van der Waals surface area contributed by atoms with Gasteiger partial charge < -0.3 is 5.32 Å². The molecule has 0 aliphatic rings. The molecule has 4 rings (SSSR count). The molecule has 126 valence electrons. The number of fused-ring (bicyclic) bond motifs is 2. The molecule has 0 bridgehead atoms. The SMILES string of the molecule is Cc1nn2c(NC(=O)CSc3nc4ccccc4s3)csc2nc1=O. The number of hydrogen-bond donors (Lipinski definition) is 1. The Hall–Kier alpha value is -2.30. The van der Waals surface area contributed by atoms with Crippen LogP contribution in [0.25, 0.3) is 15.2 Å². The zero-order valence-electron chi connectivity index (χ0n) is 12.9. The van der Waals surface area contributed by atoms with E-state index >= 15 is 0 Å². The minimum absolute atomic E-state index is 0.165. The Morgan fingerprint density at radius 1 is 1.32 bits per heavy atom. The highest BCUT2D eigenvalue weighted by Crippen LogP contribution is 2.29. The van der Waals surface area contributed by atoms with Crippen molar-refractivity contribution < 1.29 is 4.79 Å². The monoisotopic (exact) mass is 389 g/mol. The fourth-order valence-corrected chi connectivity index (χ4v) is 4.76. The van der Waals surface area contributed by atoms with Crippen LogP contribution in [0, 0.1) is 6.92 Å². The number of nitrogens with zero attached hydrogens (tertiary/aromatic N) is 4. The summed E-state index contributed by atoms with van der Waals surface area (Å²) in [5.41, 5.74) is 0.871. The summed E-state index contributed by atoms with van der Waals surface area (Å²) >= 11 is 4.21. The molecular formula is C15H11N5O2S3. The van der Waals surface area contributed by atoms with Crippen LogP contribution < -0.4 is 10.9 Å². The Labute approximate surface area is 153 Å². The van der Waals surface area contributed by atoms with Gasteiger partial charge in [-0.15, -0.1) is 22.7 Å². The molecule has 0 fully saturated rings. The number of carbonyl (C=O) groups is 1. The summed E-state index contributed by atoms with van der Waals surface area (Å²) in [5, 5.41) is 8.67. The van der Waals surface area contributed by atoms with Gasteiger partial charge in [-0.2, -0.15) is 14.6 Å². The van der Waals surface area contributed by atoms with E-state index in [9.17, 15) is 9.59 Å². The molecule has 0 spiro atoms. The van der Waals surface area contributed by atoms with Gasteiger partial charge in [0.1, 0.15) is 11.5 Å². The smallest absolute Gasteiger partial charge is 0.295 e. The number of anilines is 1. The second kappa shape index (κ2) is 6.54. The Morgan fingerprint density at radius 2 is 2.16 bits per heavy atom. The van der Waals surface area contributed by atoms with Gasteiger partial charge in [0.2, 0.25) is 10.9 Å². The number of rotatable bonds is 4. The molecule has 0 saturated heterocycles. The normalized spacial score (nSPS) is 11.2. The standard InChI is InChI=1S/C15H11N5O2S3/c1-8-13(22)18-14-20(19-8)11(6-23-14)17-12(21)7-24-15-16-9-4-2-3-5-10(9)25-15/h2-6H,7H2,1H3,(H,17,21). The van der Waals surface area contributed by atoms with Crippen LogP contribution in [0.3, 0.4) is 0 Å². The summed E-state index contributed by atoms with van der Waals surface area (Å²) in [7, 11) is 0. The number of nitrogens with one attached hydrogen (secondary N) is 1. The molecule has 3 aromatic heterocycles. The van der Waals surface area contributed by atoms with Crippen LogP contribution >= 0.6 is 34.4 Å². The lowest BCUT2D eigenvalue weighted by Gasteiger charge is -2.03. The predicted molar refractivity (Wildman–Crippen MR) is 101 cm³/mol. The molecule has 0 radical (unpaired) electrons. The third-order valence-electron chi connectivity index (χ3n) is 3.31. The minimum atomic E-state index is -0.355. The highest BCUT2D eigenvalue weighted by Gasteiger charge is 2.12. The Kier molecular flexibility index (Phi) is 4.24. The van der Waals surface area contributed by atoms with Crippen molar-refractivity contribution >= 4 is 61.3 Å². The number of hydrogen-bond acceptors (Lipinski definition) is 8. The third-order valence-corrected chi connectivity index (χ3v) is 6.31. The molecular weight excluding hydrogens is 378 g/mol. The lowest BCUT2D eigenvalue weighted by Crippen LogP contribution is -2.19. The van der Waals surface area contributed by atoms with E-state index < -0.39 is 0 Å². The summed E-state index contributed by atoms with van der Waals surface area (Å²) in [5.74, 6) is 0.580. The van der Waals surface area contributed by atoms with Crippen LogP contribution in [-0.2, 0) is 4.79 Å². The molecule has 1 amide bonds. The van der Waals surface area contributed by atoms with Crippen LogP contribution in [0.4, 0.5) is 5.82 Å². The quantitative estimate of drug-likeness (QED) is 0.540. The summed E-state index contributed by atoms with van der Waals surface area (Å²) in [6, 6.07) is 7.88. The second-order valence-corrected chi connectivity index (χ2v) is 8.19. The predicted octanol–water partition coefficient (Wildman–Crippen LogP) is 2.80. The number of para-hydroxylation sites is 1. The van der Waals surface area contributed by atoms with Crippen molar-refractivity contribution in [1.29, 1.82) is 0 Å². The summed E-state index contributed by atoms with van der Waals surface area (Å²) in [4.78, 5) is 32.6. The molecule has 0 atom stereocenters. The number of carbonyl (C=O) groups excluding carboxylic acids is 1. The van der Waals surface area contributed by atoms with Gasteiger partial charge in [-0.05, 0) is 19.1 Å². The Balaban J connectivity index is 1.47. The molecule has 7 nitrogen and oxygen atoms in total. The van der Waals surface area contributed by atoms with Crippen molar-refractivity contribution in [2.45, 2.75) is 11.3 Å². The molecule has 3 heterocycles. The number of aryl methyl sites for hydroxylation is 1. The molecule has 25 heavy (non-hydrogen) atoms. The molecule has 1 aromatic carbocycles. The maximum Gasteiger partial charge on any atom is 0.295 e. The molecule has 0 unspecified atom stereocenters. The van der Waals surface area contributed by atoms with E-state index in [0.29, 0.717) is 10.8 Å². The van der Waals surface area contributed by atoms with Gasteiger partial charge in [-0.1, -0.05) is 23.9 Å². The maximum absolute atomic E-state index is 12.2. The maximum atomic E-state index is 12.2. The lowest BCUT2D eigenvalue weighted by molar-refractivity contribution is -0.113. The number of aromatic nitrogens is 4. The summed E-state index contributed by atoms with van der Waals surface area (Å²) in [6.07, 6.45) is 0. The van der Waals surface area contributed by atoms with E-state index in [1.165, 1.54) is 27.6 Å². The average Bonchev–Trinajstić information content (AvgIpc) is 3.18. The van der Waals surface area contributed by atoms with Gasteiger partial charge in [0.15, 0.2) is 4.34 Å². The fraction of sp³-hybridized carbons (Fsp3) is 0.133. The first-order valence-corrected chi connectivity index (χ1v) is 9.92. The first-order valence-electron chi connectivity index (χ1n) is 7.23. The zero-order chi connectivity index (χ0) is 17.4. The van der Waals surface area contributed by atoms with E-state index in [4.69, 9.17) is 0 Å². The fourth-order valence-electron chi connectivity index (χ4n) is 2.14. The van der Waals surface area contributed by atoms with Crippen LogP contribution in [-0.4, -0.2) is 31.2 Å². The van der Waals surface area contributed by atoms with E-state index in [0.717, 1.165) is 14.6 Å². The van der Waals surface area contributed by atoms with Gasteiger partial charge in [-0.3, -0.25) is 9.59 Å². The minimum Gasteiger partial charge on any atom is -0.309 e. The van der Waals surface area contributed by atoms with E-state index in [1.807, 2.05) is 24.3 Å². The number of amides is 1. The summed E-state index contributed by atoms with van der Waals surface area (Å²) in [6.45, 7) is 1.59. The van der Waals surface area contributed by atoms with Gasteiger partial charge in [0, 0.05) is 5.38 Å². The molecule has 0 aliphatic carbocycles. The van der Waals surface area contributed by atoms with Gasteiger partial charge in [0.05, 0.1) is 16.0 Å². The van der Waals surface area contributed by atoms with Crippen LogP contribution in [0.2, 0.25) is 0 Å². The van der Waals surface area contributed by atoms with E-state index in [1.54, 1.807) is 23.6 Å². The highest BCUT2D eigenvalue weighted by atomic mass is 32.2. The largest absolute Gasteiger partial charge is 0.309 e. The third kappa shape index (κ3) is 3.28. The van der Waals surface area contributed by atoms with E-state index in [-0.39, 0.29) is 22.9 Å². The van der Waals surface area contributed by atoms with Gasteiger partial charge >= 0.3 is 0 Å². The number of thioether (sulfide) groups is 1. The topological polar surface area (TPSA) is 89.2 Å². The van der Waals surface area contributed by atoms with Crippen LogP contribution in [0.1, 0.15) is 5.69 Å². The Morgan fingerprint density at radius 3 is 3.00 bits per heavy atom. The molecule has 10 heteroatoms. The van der Waals surface area contributed by atoms with Gasteiger partial charge in [0.25, 0.3) is 5.56 Å². The first-order chi connectivity index (χ1) is 12.1. The summed E-state index contributed by atoms with van der Waals surface area (Å²) < 4.78 is 3.43. The molecule has 4 aromatic rings. The van der Waals surface area contributed by atoms with Crippen molar-refractivity contribution in [2.75, 3.05) is 11.1 Å². The number of thiazole rings is 2. The molecule has 0 aliphatic heterocycles. The van der Waals surface area contributed by atoms with Crippen molar-refractivity contribution in [3.05, 3.63) is 45.7 Å². The molecule has 0 saturated carbocycles. The highest BCUT2D eigenvalue weighted by molar-refractivity contribution is 8.01. The van der Waals surface area contributed by atoms with Crippen molar-refractivity contribution in [3.8, 4) is 0 Å². The van der Waals surface area contributed by atoms with Gasteiger partial charge in [-0.25, -0.2) is 4.98 Å². The first kappa shape index (κ1) is 16.2. The van der Waals surface area contributed by atoms with Crippen molar-refractivity contribution in [2.24, 2.45) is 0 Å². The molecule has 1 N–H and O–H groups in total. The van der Waals surface area contributed by atoms with Crippen molar-refractivity contribution in [1.82, 2.24) is 19.6 Å².